The standard InChI is InChI=1S/C44H28N4/c1-2-12-29(13-3-1)30-22-24-31(25-23-30)43-36-17-4-8-18-38(36)45-44(46-43)48-41-21-11-7-16-35(41)37-28-32(26-27-42(37)48)47-39-19-9-5-14-33(39)34-15-6-10-20-40(34)47/h1-28H. The molecule has 0 N–H and O–H groups in total. The van der Waals surface area contributed by atoms with Crippen LogP contribution in [0.25, 0.3) is 88.5 Å². The molecule has 0 amide bonds. The first-order chi connectivity index (χ1) is 23.8. The van der Waals surface area contributed by atoms with Crippen molar-refractivity contribution >= 4 is 54.5 Å². The van der Waals surface area contributed by atoms with Crippen molar-refractivity contribution in [2.75, 3.05) is 0 Å². The van der Waals surface area contributed by atoms with Crippen LogP contribution in [0.5, 0.6) is 0 Å². The maximum Gasteiger partial charge on any atom is 0.235 e. The summed E-state index contributed by atoms with van der Waals surface area (Å²) >= 11 is 0. The Bertz CT molecular complexity index is 2770. The Kier molecular flexibility index (Phi) is 5.84. The topological polar surface area (TPSA) is 35.6 Å². The van der Waals surface area contributed by atoms with Gasteiger partial charge >= 0.3 is 0 Å². The first kappa shape index (κ1) is 26.7. The molecule has 3 aromatic heterocycles. The number of nitrogens with zero attached hydrogens (tertiary/aromatic N) is 4. The molecule has 0 bridgehead atoms. The third-order valence-corrected chi connectivity index (χ3v) is 9.55. The highest BCUT2D eigenvalue weighted by Crippen LogP contribution is 2.37. The van der Waals surface area contributed by atoms with Gasteiger partial charge in [-0.3, -0.25) is 4.57 Å². The maximum absolute atomic E-state index is 5.32. The molecule has 3 heterocycles. The molecule has 0 saturated carbocycles. The van der Waals surface area contributed by atoms with Crippen molar-refractivity contribution < 1.29 is 0 Å². The molecular formula is C44H28N4. The molecule has 4 heteroatoms. The second-order valence-corrected chi connectivity index (χ2v) is 12.3. The zero-order valence-corrected chi connectivity index (χ0v) is 26.0. The second-order valence-electron chi connectivity index (χ2n) is 12.3. The van der Waals surface area contributed by atoms with Gasteiger partial charge in [-0.25, -0.2) is 9.97 Å². The highest BCUT2D eigenvalue weighted by molar-refractivity contribution is 6.12. The summed E-state index contributed by atoms with van der Waals surface area (Å²) in [5.74, 6) is 0.659. The third kappa shape index (κ3) is 4.03. The fourth-order valence-corrected chi connectivity index (χ4v) is 7.35. The number of benzene rings is 7. The van der Waals surface area contributed by atoms with E-state index in [1.165, 1.54) is 38.3 Å². The minimum Gasteiger partial charge on any atom is -0.309 e. The highest BCUT2D eigenvalue weighted by atomic mass is 15.2. The fourth-order valence-electron chi connectivity index (χ4n) is 7.35. The largest absolute Gasteiger partial charge is 0.309 e. The second kappa shape index (κ2) is 10.5. The summed E-state index contributed by atoms with van der Waals surface area (Å²) in [6.45, 7) is 0. The average Bonchev–Trinajstić information content (AvgIpc) is 3.67. The van der Waals surface area contributed by atoms with Gasteiger partial charge in [0.2, 0.25) is 5.95 Å². The van der Waals surface area contributed by atoms with Crippen molar-refractivity contribution in [3.05, 3.63) is 170 Å². The van der Waals surface area contributed by atoms with Crippen molar-refractivity contribution in [3.8, 4) is 34.0 Å². The van der Waals surface area contributed by atoms with Crippen LogP contribution in [-0.4, -0.2) is 19.1 Å². The maximum atomic E-state index is 5.32. The van der Waals surface area contributed by atoms with E-state index in [0.29, 0.717) is 5.95 Å². The quantitative estimate of drug-likeness (QED) is 0.198. The van der Waals surface area contributed by atoms with Crippen LogP contribution in [0, 0.1) is 0 Å². The van der Waals surface area contributed by atoms with Gasteiger partial charge in [-0.1, -0.05) is 127 Å². The summed E-state index contributed by atoms with van der Waals surface area (Å²) in [6.07, 6.45) is 0. The smallest absolute Gasteiger partial charge is 0.235 e. The first-order valence-electron chi connectivity index (χ1n) is 16.3. The zero-order valence-electron chi connectivity index (χ0n) is 26.0. The van der Waals surface area contributed by atoms with Gasteiger partial charge in [0.25, 0.3) is 0 Å². The monoisotopic (exact) mass is 612 g/mol. The number of fused-ring (bicyclic) bond motifs is 7. The normalized spacial score (nSPS) is 11.8. The van der Waals surface area contributed by atoms with Crippen LogP contribution >= 0.6 is 0 Å². The molecule has 0 spiro atoms. The zero-order chi connectivity index (χ0) is 31.6. The molecule has 48 heavy (non-hydrogen) atoms. The number of para-hydroxylation sites is 4. The summed E-state index contributed by atoms with van der Waals surface area (Å²) in [5, 5.41) is 5.87. The Morgan fingerprint density at radius 2 is 0.833 bits per heavy atom. The molecule has 224 valence electrons. The molecule has 0 aliphatic rings. The molecule has 4 nitrogen and oxygen atoms in total. The van der Waals surface area contributed by atoms with Gasteiger partial charge in [0, 0.05) is 38.2 Å². The minimum atomic E-state index is 0.659. The third-order valence-electron chi connectivity index (χ3n) is 9.55. The van der Waals surface area contributed by atoms with E-state index in [2.05, 4.69) is 167 Å². The van der Waals surface area contributed by atoms with Gasteiger partial charge in [-0.05, 0) is 53.6 Å². The summed E-state index contributed by atoms with van der Waals surface area (Å²) < 4.78 is 4.59. The van der Waals surface area contributed by atoms with Gasteiger partial charge in [-0.15, -0.1) is 0 Å². The number of rotatable bonds is 4. The SMILES string of the molecule is c1ccc(-c2ccc(-c3nc(-n4c5ccccc5c5cc(-n6c7ccccc7c7ccccc76)ccc54)nc4ccccc34)cc2)cc1. The van der Waals surface area contributed by atoms with E-state index >= 15 is 0 Å². The van der Waals surface area contributed by atoms with E-state index in [4.69, 9.17) is 9.97 Å². The van der Waals surface area contributed by atoms with Crippen LogP contribution in [0.1, 0.15) is 0 Å². The Labute approximate surface area is 276 Å². The van der Waals surface area contributed by atoms with E-state index in [-0.39, 0.29) is 0 Å². The van der Waals surface area contributed by atoms with Gasteiger partial charge in [0.1, 0.15) is 0 Å². The molecule has 10 rings (SSSR count). The van der Waals surface area contributed by atoms with Gasteiger partial charge in [0.15, 0.2) is 0 Å². The van der Waals surface area contributed by atoms with Crippen LogP contribution in [0.3, 0.4) is 0 Å². The van der Waals surface area contributed by atoms with Crippen LogP contribution < -0.4 is 0 Å². The molecule has 0 aliphatic carbocycles. The van der Waals surface area contributed by atoms with E-state index in [0.717, 1.165) is 44.3 Å². The lowest BCUT2D eigenvalue weighted by atomic mass is 10.0. The van der Waals surface area contributed by atoms with Crippen molar-refractivity contribution in [3.63, 3.8) is 0 Å². The van der Waals surface area contributed by atoms with Crippen molar-refractivity contribution in [2.45, 2.75) is 0 Å². The molecule has 0 saturated heterocycles. The summed E-state index contributed by atoms with van der Waals surface area (Å²) in [4.78, 5) is 10.5. The number of hydrogen-bond donors (Lipinski definition) is 0. The highest BCUT2D eigenvalue weighted by Gasteiger charge is 2.19. The van der Waals surface area contributed by atoms with E-state index in [1.807, 2.05) is 12.1 Å². The Morgan fingerprint density at radius 3 is 1.52 bits per heavy atom. The molecule has 10 aromatic rings. The molecule has 7 aromatic carbocycles. The first-order valence-corrected chi connectivity index (χ1v) is 16.3. The lowest BCUT2D eigenvalue weighted by Crippen LogP contribution is -2.03. The lowest BCUT2D eigenvalue weighted by molar-refractivity contribution is 1.01. The van der Waals surface area contributed by atoms with Gasteiger partial charge in [-0.2, -0.15) is 0 Å². The average molecular weight is 613 g/mol. The van der Waals surface area contributed by atoms with Crippen molar-refractivity contribution in [1.82, 2.24) is 19.1 Å². The number of aromatic nitrogens is 4. The van der Waals surface area contributed by atoms with E-state index < -0.39 is 0 Å². The molecular weight excluding hydrogens is 585 g/mol. The molecule has 0 radical (unpaired) electrons. The molecule has 0 aliphatic heterocycles. The molecule has 0 fully saturated rings. The van der Waals surface area contributed by atoms with Crippen LogP contribution in [-0.2, 0) is 0 Å². The Balaban J connectivity index is 1.19. The van der Waals surface area contributed by atoms with Gasteiger partial charge in [0.05, 0.1) is 33.3 Å². The van der Waals surface area contributed by atoms with Gasteiger partial charge < -0.3 is 4.57 Å². The predicted molar refractivity (Wildman–Crippen MR) is 199 cm³/mol. The van der Waals surface area contributed by atoms with Crippen LogP contribution in [0.4, 0.5) is 0 Å². The van der Waals surface area contributed by atoms with Crippen LogP contribution in [0.15, 0.2) is 170 Å². The Hall–Kier alpha value is -6.52. The van der Waals surface area contributed by atoms with Crippen molar-refractivity contribution in [1.29, 1.82) is 0 Å². The van der Waals surface area contributed by atoms with E-state index in [9.17, 15) is 0 Å². The molecule has 0 unspecified atom stereocenters. The summed E-state index contributed by atoms with van der Waals surface area (Å²) in [7, 11) is 0. The van der Waals surface area contributed by atoms with E-state index in [1.54, 1.807) is 0 Å². The minimum absolute atomic E-state index is 0.659. The fraction of sp³-hybridized carbons (Fsp3) is 0. The summed E-state index contributed by atoms with van der Waals surface area (Å²) in [6, 6.07) is 60.1. The number of hydrogen-bond acceptors (Lipinski definition) is 2. The van der Waals surface area contributed by atoms with Crippen molar-refractivity contribution in [2.24, 2.45) is 0 Å². The Morgan fingerprint density at radius 1 is 0.333 bits per heavy atom. The predicted octanol–water partition coefficient (Wildman–Crippen LogP) is 11.2. The molecule has 0 atom stereocenters. The summed E-state index contributed by atoms with van der Waals surface area (Å²) in [5.41, 5.74) is 10.9. The lowest BCUT2D eigenvalue weighted by Gasteiger charge is -2.12. The van der Waals surface area contributed by atoms with Crippen LogP contribution in [0.2, 0.25) is 0 Å².